The third kappa shape index (κ3) is 18.3. The number of unbranched alkanes of at least 4 members (excludes halogenated alkanes) is 13. The van der Waals surface area contributed by atoms with E-state index in [1.165, 1.54) is 93.0 Å². The minimum Gasteiger partial charge on any atom is -0.497 e. The standard InChI is InChI=1S/C57H82N5O12P/c1-9-10-11-12-13-14-15-16-17-18-19-20-21-25-40-68-54-53(72-75(65,74-70-41-26-38-58)73-62(43(2)3)44(4)5)51(71-55(54)61-39-37-52(59-45(6)63)60-56(61)64)42-69-57(46-27-23-22-24-28-46,47-29-33-49(66-7)34-30-47)48-31-35-50(67-8)36-32-48/h22-24,27-37,39,43-44,51,53-55H,9-21,25-26,40-42H2,1-8H3,(H,59,60,63,64)/t51-,53-,54-,55-,75?/m1/s1. The molecule has 1 aliphatic heterocycles. The van der Waals surface area contributed by atoms with Gasteiger partial charge >= 0.3 is 13.5 Å². The number of nitriles is 1. The van der Waals surface area contributed by atoms with Crippen LogP contribution in [0.2, 0.25) is 0 Å². The van der Waals surface area contributed by atoms with Crippen LogP contribution < -0.4 is 20.5 Å². The summed E-state index contributed by atoms with van der Waals surface area (Å²) in [6, 6.07) is 27.6. The van der Waals surface area contributed by atoms with E-state index >= 15 is 4.57 Å². The molecule has 18 heteroatoms. The molecule has 5 rings (SSSR count). The maximum atomic E-state index is 15.3. The first kappa shape index (κ1) is 60.9. The van der Waals surface area contributed by atoms with Crippen molar-refractivity contribution in [2.75, 3.05) is 39.4 Å². The van der Waals surface area contributed by atoms with Crippen molar-refractivity contribution >= 4 is 19.5 Å². The monoisotopic (exact) mass is 1060 g/mol. The van der Waals surface area contributed by atoms with Gasteiger partial charge in [-0.2, -0.15) is 19.9 Å². The van der Waals surface area contributed by atoms with Gasteiger partial charge in [-0.15, -0.1) is 4.67 Å². The van der Waals surface area contributed by atoms with Crippen LogP contribution in [0.3, 0.4) is 0 Å². The van der Waals surface area contributed by atoms with Gasteiger partial charge in [0, 0.05) is 31.8 Å². The van der Waals surface area contributed by atoms with Crippen molar-refractivity contribution in [2.45, 2.75) is 180 Å². The van der Waals surface area contributed by atoms with E-state index in [1.54, 1.807) is 14.2 Å². The number of nitrogens with one attached hydrogen (secondary N) is 1. The highest BCUT2D eigenvalue weighted by Crippen LogP contribution is 2.55. The fraction of sp³-hybridized carbons (Fsp3) is 0.579. The first-order valence-corrected chi connectivity index (χ1v) is 28.3. The molecular weight excluding hydrogens is 978 g/mol. The molecule has 0 bridgehead atoms. The Morgan fingerprint density at radius 2 is 1.31 bits per heavy atom. The number of rotatable bonds is 36. The van der Waals surface area contributed by atoms with E-state index in [9.17, 15) is 14.9 Å². The van der Waals surface area contributed by atoms with Crippen molar-refractivity contribution in [1.29, 1.82) is 5.26 Å². The number of carbonyl (C=O) groups excluding carboxylic acids is 1. The molecule has 2 heterocycles. The highest BCUT2D eigenvalue weighted by atomic mass is 31.2. The molecular formula is C57H82N5O12P. The number of amides is 1. The second-order valence-corrected chi connectivity index (χ2v) is 20.9. The first-order valence-electron chi connectivity index (χ1n) is 26.9. The minimum atomic E-state index is -4.83. The Kier molecular flexibility index (Phi) is 25.9. The maximum absolute atomic E-state index is 15.3. The number of methoxy groups -OCH3 is 2. The number of nitrogens with zero attached hydrogens (tertiary/aromatic N) is 4. The Morgan fingerprint density at radius 3 is 1.80 bits per heavy atom. The third-order valence-electron chi connectivity index (χ3n) is 13.0. The molecule has 1 aliphatic rings. The quantitative estimate of drug-likeness (QED) is 0.0149. The van der Waals surface area contributed by atoms with E-state index < -0.39 is 49.6 Å². The van der Waals surface area contributed by atoms with Gasteiger partial charge < -0.3 is 29.0 Å². The van der Waals surface area contributed by atoms with E-state index in [4.69, 9.17) is 42.4 Å². The van der Waals surface area contributed by atoms with Crippen LogP contribution in [-0.4, -0.2) is 85.0 Å². The van der Waals surface area contributed by atoms with E-state index in [0.717, 1.165) is 36.0 Å². The summed E-state index contributed by atoms with van der Waals surface area (Å²) >= 11 is 0. The number of anilines is 1. The molecule has 17 nitrogen and oxygen atoms in total. The summed E-state index contributed by atoms with van der Waals surface area (Å²) in [6.45, 7) is 10.7. The third-order valence-corrected chi connectivity index (χ3v) is 14.2. The van der Waals surface area contributed by atoms with Gasteiger partial charge in [-0.1, -0.05) is 145 Å². The molecule has 0 saturated carbocycles. The molecule has 75 heavy (non-hydrogen) atoms. The molecule has 3 aromatic carbocycles. The van der Waals surface area contributed by atoms with Crippen molar-refractivity contribution in [2.24, 2.45) is 0 Å². The first-order chi connectivity index (χ1) is 36.3. The van der Waals surface area contributed by atoms with Gasteiger partial charge in [-0.25, -0.2) is 14.2 Å². The highest BCUT2D eigenvalue weighted by Gasteiger charge is 2.54. The summed E-state index contributed by atoms with van der Waals surface area (Å²) in [5, 5.41) is 13.4. The minimum absolute atomic E-state index is 0.0456. The van der Waals surface area contributed by atoms with Gasteiger partial charge in [0.15, 0.2) is 6.23 Å². The molecule has 412 valence electrons. The second kappa shape index (κ2) is 31.9. The van der Waals surface area contributed by atoms with Gasteiger partial charge in [0.25, 0.3) is 0 Å². The topological polar surface area (TPSA) is 191 Å². The molecule has 5 atom stereocenters. The molecule has 1 N–H and O–H groups in total. The lowest BCUT2D eigenvalue weighted by atomic mass is 9.80. The van der Waals surface area contributed by atoms with Gasteiger partial charge in [-0.3, -0.25) is 13.9 Å². The fourth-order valence-electron chi connectivity index (χ4n) is 9.31. The zero-order valence-electron chi connectivity index (χ0n) is 45.5. The molecule has 0 aliphatic carbocycles. The number of aromatic nitrogens is 2. The molecule has 1 unspecified atom stereocenters. The SMILES string of the molecule is CCCCCCCCCCCCCCCCO[C@@H]1[C@H](OP(=O)(OOCCC#N)ON(C(C)C)C(C)C)[C@@H](COC(c2ccccc2)(c2ccc(OC)cc2)c2ccc(OC)cc2)O[C@H]1n1ccc(NC(C)=O)nc1=O. The van der Waals surface area contributed by atoms with Crippen molar-refractivity contribution in [3.63, 3.8) is 0 Å². The van der Waals surface area contributed by atoms with Gasteiger partial charge in [0.1, 0.15) is 41.2 Å². The second-order valence-electron chi connectivity index (χ2n) is 19.4. The predicted octanol–water partition coefficient (Wildman–Crippen LogP) is 12.4. The zero-order valence-corrected chi connectivity index (χ0v) is 46.4. The van der Waals surface area contributed by atoms with E-state index in [-0.39, 0.29) is 44.1 Å². The van der Waals surface area contributed by atoms with Crippen LogP contribution in [0.4, 0.5) is 5.82 Å². The van der Waals surface area contributed by atoms with E-state index in [1.807, 2.05) is 113 Å². The molecule has 1 saturated heterocycles. The summed E-state index contributed by atoms with van der Waals surface area (Å²) in [5.41, 5.74) is 0.142. The summed E-state index contributed by atoms with van der Waals surface area (Å²) in [4.78, 5) is 35.6. The Labute approximate surface area is 444 Å². The van der Waals surface area contributed by atoms with Crippen molar-refractivity contribution in [1.82, 2.24) is 14.6 Å². The summed E-state index contributed by atoms with van der Waals surface area (Å²) in [7, 11) is -1.63. The number of ether oxygens (including phenoxy) is 5. The van der Waals surface area contributed by atoms with E-state index in [0.29, 0.717) is 17.9 Å². The van der Waals surface area contributed by atoms with Crippen molar-refractivity contribution in [3.05, 3.63) is 118 Å². The van der Waals surface area contributed by atoms with Crippen LogP contribution in [0.1, 0.15) is 161 Å². The Morgan fingerprint density at radius 1 is 0.773 bits per heavy atom. The fourth-order valence-corrected chi connectivity index (χ4v) is 10.8. The van der Waals surface area contributed by atoms with Crippen LogP contribution >= 0.6 is 7.82 Å². The average molecular weight is 1060 g/mol. The molecule has 1 aromatic heterocycles. The molecule has 0 spiro atoms. The van der Waals surface area contributed by atoms with Gasteiger partial charge in [0.2, 0.25) is 5.91 Å². The van der Waals surface area contributed by atoms with Crippen LogP contribution in [0.25, 0.3) is 0 Å². The number of carbonyl (C=O) groups is 1. The number of hydrogen-bond acceptors (Lipinski definition) is 15. The lowest BCUT2D eigenvalue weighted by Crippen LogP contribution is -2.43. The summed E-state index contributed by atoms with van der Waals surface area (Å²) in [5.74, 6) is 0.914. The average Bonchev–Trinajstić information content (AvgIpc) is 3.73. The Bertz CT molecular complexity index is 2360. The van der Waals surface area contributed by atoms with Crippen molar-refractivity contribution in [3.8, 4) is 17.6 Å². The highest BCUT2D eigenvalue weighted by molar-refractivity contribution is 7.48. The lowest BCUT2D eigenvalue weighted by Gasteiger charge is -2.37. The number of phosphoric acid groups is 1. The number of hydroxylamine groups is 2. The largest absolute Gasteiger partial charge is 0.519 e. The zero-order chi connectivity index (χ0) is 54.1. The normalized spacial score (nSPS) is 17.6. The summed E-state index contributed by atoms with van der Waals surface area (Å²) in [6.07, 6.45) is 13.0. The van der Waals surface area contributed by atoms with Crippen LogP contribution in [0.5, 0.6) is 11.5 Å². The van der Waals surface area contributed by atoms with Crippen LogP contribution in [-0.2, 0) is 47.9 Å². The lowest BCUT2D eigenvalue weighted by molar-refractivity contribution is -0.253. The summed E-state index contributed by atoms with van der Waals surface area (Å²) < 4.78 is 67.1. The Balaban J connectivity index is 1.55. The van der Waals surface area contributed by atoms with Gasteiger partial charge in [0.05, 0.1) is 39.9 Å². The van der Waals surface area contributed by atoms with E-state index in [2.05, 4.69) is 17.2 Å². The maximum Gasteiger partial charge on any atom is 0.519 e. The van der Waals surface area contributed by atoms with Gasteiger partial charge in [-0.05, 0) is 81.1 Å². The van der Waals surface area contributed by atoms with Crippen LogP contribution in [0, 0.1) is 11.3 Å². The molecule has 4 aromatic rings. The smallest absolute Gasteiger partial charge is 0.497 e. The predicted molar refractivity (Wildman–Crippen MR) is 288 cm³/mol. The molecule has 1 amide bonds. The molecule has 1 fully saturated rings. The van der Waals surface area contributed by atoms with Crippen LogP contribution in [0.15, 0.2) is 95.9 Å². The number of benzene rings is 3. The number of hydrogen-bond donors (Lipinski definition) is 1. The molecule has 0 radical (unpaired) electrons. The van der Waals surface area contributed by atoms with Crippen molar-refractivity contribution < 1.29 is 51.8 Å². The Hall–Kier alpha value is -4.99.